The summed E-state index contributed by atoms with van der Waals surface area (Å²) in [6, 6.07) is 0. The van der Waals surface area contributed by atoms with Crippen LogP contribution in [0.4, 0.5) is 0 Å². The molecular weight excluding hydrogens is 234 g/mol. The third kappa shape index (κ3) is 5.63. The number of rotatable bonds is 12. The second kappa shape index (κ2) is 10.7. The maximum atomic E-state index is 5.74. The topological polar surface area (TPSA) is 62.9 Å². The van der Waals surface area contributed by atoms with Gasteiger partial charge in [-0.2, -0.15) is 0 Å². The molecule has 0 radical (unpaired) electrons. The highest BCUT2D eigenvalue weighted by atomic mass is 16.9. The van der Waals surface area contributed by atoms with Crippen molar-refractivity contribution >= 4 is 0 Å². The summed E-state index contributed by atoms with van der Waals surface area (Å²) in [5.74, 6) is -1.11. The fraction of sp³-hybridized carbons (Fsp3) is 1.00. The minimum Gasteiger partial charge on any atom is -0.370 e. The largest absolute Gasteiger partial charge is 0.370 e. The van der Waals surface area contributed by atoms with Crippen molar-refractivity contribution < 1.29 is 18.9 Å². The maximum absolute atomic E-state index is 5.74. The third-order valence-corrected chi connectivity index (χ3v) is 2.47. The van der Waals surface area contributed by atoms with Gasteiger partial charge in [0.05, 0.1) is 0 Å². The Morgan fingerprint density at radius 3 is 1.72 bits per heavy atom. The molecular formula is C13H29NO4. The van der Waals surface area contributed by atoms with Gasteiger partial charge in [0, 0.05) is 26.4 Å². The van der Waals surface area contributed by atoms with E-state index in [-0.39, 0.29) is 6.10 Å². The predicted octanol–water partition coefficient (Wildman–Crippen LogP) is 1.89. The van der Waals surface area contributed by atoms with Crippen LogP contribution in [0.3, 0.4) is 0 Å². The third-order valence-electron chi connectivity index (χ3n) is 2.47. The van der Waals surface area contributed by atoms with Crippen molar-refractivity contribution in [3.63, 3.8) is 0 Å². The highest BCUT2D eigenvalue weighted by Gasteiger charge is 2.42. The molecule has 110 valence electrons. The summed E-state index contributed by atoms with van der Waals surface area (Å²) >= 11 is 0. The van der Waals surface area contributed by atoms with Crippen molar-refractivity contribution in [2.45, 2.75) is 52.6 Å². The lowest BCUT2D eigenvalue weighted by molar-refractivity contribution is -0.415. The highest BCUT2D eigenvalue weighted by Crippen LogP contribution is 2.26. The molecule has 0 rings (SSSR count). The van der Waals surface area contributed by atoms with Crippen LogP contribution in [-0.2, 0) is 18.9 Å². The molecule has 18 heavy (non-hydrogen) atoms. The molecule has 0 aliphatic rings. The van der Waals surface area contributed by atoms with E-state index in [1.54, 1.807) is 0 Å². The second-order valence-corrected chi connectivity index (χ2v) is 3.78. The van der Waals surface area contributed by atoms with Crippen molar-refractivity contribution in [3.8, 4) is 0 Å². The van der Waals surface area contributed by atoms with Gasteiger partial charge in [0.1, 0.15) is 6.10 Å². The van der Waals surface area contributed by atoms with Crippen LogP contribution < -0.4 is 5.73 Å². The van der Waals surface area contributed by atoms with Crippen molar-refractivity contribution in [2.24, 2.45) is 5.73 Å². The van der Waals surface area contributed by atoms with Crippen molar-refractivity contribution in [3.05, 3.63) is 0 Å². The Labute approximate surface area is 111 Å². The Balaban J connectivity index is 4.88. The van der Waals surface area contributed by atoms with Crippen LogP contribution in [0.15, 0.2) is 0 Å². The van der Waals surface area contributed by atoms with E-state index in [2.05, 4.69) is 0 Å². The van der Waals surface area contributed by atoms with E-state index >= 15 is 0 Å². The smallest absolute Gasteiger partial charge is 0.310 e. The van der Waals surface area contributed by atoms with Gasteiger partial charge in [-0.3, -0.25) is 0 Å². The van der Waals surface area contributed by atoms with E-state index in [1.807, 2.05) is 27.7 Å². The van der Waals surface area contributed by atoms with E-state index < -0.39 is 5.97 Å². The van der Waals surface area contributed by atoms with Crippen LogP contribution in [0.5, 0.6) is 0 Å². The first-order valence-corrected chi connectivity index (χ1v) is 6.94. The summed E-state index contributed by atoms with van der Waals surface area (Å²) in [5, 5.41) is 0. The summed E-state index contributed by atoms with van der Waals surface area (Å²) in [4.78, 5) is 0. The molecule has 5 heteroatoms. The average Bonchev–Trinajstić information content (AvgIpc) is 2.35. The molecule has 0 bridgehead atoms. The molecule has 2 N–H and O–H groups in total. The quantitative estimate of drug-likeness (QED) is 0.545. The minimum absolute atomic E-state index is 0.258. The molecule has 1 unspecified atom stereocenters. The fourth-order valence-electron chi connectivity index (χ4n) is 1.87. The lowest BCUT2D eigenvalue weighted by Gasteiger charge is -2.38. The minimum atomic E-state index is -1.11. The first kappa shape index (κ1) is 17.8. The Morgan fingerprint density at radius 1 is 0.889 bits per heavy atom. The van der Waals surface area contributed by atoms with Gasteiger partial charge in [0.15, 0.2) is 0 Å². The first-order chi connectivity index (χ1) is 8.70. The predicted molar refractivity (Wildman–Crippen MR) is 71.3 cm³/mol. The molecule has 0 aliphatic carbocycles. The summed E-state index contributed by atoms with van der Waals surface area (Å²) in [5.41, 5.74) is 5.56. The molecule has 0 aromatic carbocycles. The van der Waals surface area contributed by atoms with Gasteiger partial charge >= 0.3 is 5.97 Å². The molecule has 0 amide bonds. The SMILES string of the molecule is CCOC(CCCN)C(OCC)(OCC)OCC. The van der Waals surface area contributed by atoms with Gasteiger partial charge in [0.2, 0.25) is 0 Å². The normalized spacial score (nSPS) is 13.8. The molecule has 5 nitrogen and oxygen atoms in total. The number of nitrogens with two attached hydrogens (primary N) is 1. The van der Waals surface area contributed by atoms with Crippen molar-refractivity contribution in [2.75, 3.05) is 33.0 Å². The zero-order valence-corrected chi connectivity index (χ0v) is 12.2. The van der Waals surface area contributed by atoms with Gasteiger partial charge in [-0.25, -0.2) is 0 Å². The van der Waals surface area contributed by atoms with Gasteiger partial charge in [0.25, 0.3) is 0 Å². The van der Waals surface area contributed by atoms with Crippen molar-refractivity contribution in [1.29, 1.82) is 0 Å². The van der Waals surface area contributed by atoms with Crippen LogP contribution in [0.25, 0.3) is 0 Å². The van der Waals surface area contributed by atoms with Crippen LogP contribution in [-0.4, -0.2) is 45.0 Å². The molecule has 0 saturated carbocycles. The van der Waals surface area contributed by atoms with Gasteiger partial charge in [-0.1, -0.05) is 0 Å². The van der Waals surface area contributed by atoms with E-state index in [4.69, 9.17) is 24.7 Å². The summed E-state index contributed by atoms with van der Waals surface area (Å²) in [6.07, 6.45) is 1.34. The van der Waals surface area contributed by atoms with E-state index in [9.17, 15) is 0 Å². The lowest BCUT2D eigenvalue weighted by Crippen LogP contribution is -2.51. The molecule has 0 spiro atoms. The van der Waals surface area contributed by atoms with Crippen molar-refractivity contribution in [1.82, 2.24) is 0 Å². The number of ether oxygens (including phenoxy) is 4. The number of hydrogen-bond acceptors (Lipinski definition) is 5. The average molecular weight is 263 g/mol. The maximum Gasteiger partial charge on any atom is 0.310 e. The Kier molecular flexibility index (Phi) is 10.6. The molecule has 0 aromatic heterocycles. The molecule has 0 saturated heterocycles. The Bertz CT molecular complexity index is 173. The van der Waals surface area contributed by atoms with Gasteiger partial charge in [-0.15, -0.1) is 0 Å². The molecule has 0 heterocycles. The molecule has 0 fully saturated rings. The fourth-order valence-corrected chi connectivity index (χ4v) is 1.87. The Hall–Kier alpha value is -0.200. The second-order valence-electron chi connectivity index (χ2n) is 3.78. The summed E-state index contributed by atoms with van der Waals surface area (Å²) in [6.45, 7) is 10.4. The molecule has 0 aromatic rings. The number of hydrogen-bond donors (Lipinski definition) is 1. The highest BCUT2D eigenvalue weighted by molar-refractivity contribution is 4.73. The van der Waals surface area contributed by atoms with Crippen LogP contribution in [0.1, 0.15) is 40.5 Å². The zero-order valence-electron chi connectivity index (χ0n) is 12.2. The molecule has 1 atom stereocenters. The van der Waals surface area contributed by atoms with E-state index in [0.29, 0.717) is 33.0 Å². The van der Waals surface area contributed by atoms with Gasteiger partial charge in [-0.05, 0) is 47.1 Å². The first-order valence-electron chi connectivity index (χ1n) is 6.94. The summed E-state index contributed by atoms with van der Waals surface area (Å²) < 4.78 is 22.9. The lowest BCUT2D eigenvalue weighted by atomic mass is 10.1. The van der Waals surface area contributed by atoms with E-state index in [1.165, 1.54) is 0 Å². The van der Waals surface area contributed by atoms with E-state index in [0.717, 1.165) is 12.8 Å². The van der Waals surface area contributed by atoms with Crippen LogP contribution in [0, 0.1) is 0 Å². The Morgan fingerprint density at radius 2 is 1.39 bits per heavy atom. The van der Waals surface area contributed by atoms with Gasteiger partial charge < -0.3 is 24.7 Å². The summed E-state index contributed by atoms with van der Waals surface area (Å²) in [7, 11) is 0. The standard InChI is InChI=1S/C13H29NO4/c1-5-15-12(10-9-11-14)13(16-6-2,17-7-3)18-8-4/h12H,5-11,14H2,1-4H3. The van der Waals surface area contributed by atoms with Crippen LogP contribution in [0.2, 0.25) is 0 Å². The monoisotopic (exact) mass is 263 g/mol. The molecule has 0 aliphatic heterocycles. The van der Waals surface area contributed by atoms with Crippen LogP contribution >= 0.6 is 0 Å². The zero-order chi connectivity index (χ0) is 13.9.